The second kappa shape index (κ2) is 7.16. The Morgan fingerprint density at radius 3 is 2.76 bits per heavy atom. The van der Waals surface area contributed by atoms with Crippen LogP contribution >= 0.6 is 0 Å². The summed E-state index contributed by atoms with van der Waals surface area (Å²) in [6.45, 7) is 2.38. The molecular weight excluding hydrogens is 338 g/mol. The van der Waals surface area contributed by atoms with Crippen LogP contribution in [-0.2, 0) is 16.6 Å². The third-order valence-corrected chi connectivity index (χ3v) is 5.40. The molecule has 1 N–H and O–H groups in total. The minimum atomic E-state index is -3.63. The first-order valence-electron chi connectivity index (χ1n) is 7.98. The van der Waals surface area contributed by atoms with E-state index in [2.05, 4.69) is 9.71 Å². The van der Waals surface area contributed by atoms with Crippen LogP contribution in [0, 0.1) is 0 Å². The van der Waals surface area contributed by atoms with Crippen molar-refractivity contribution in [3.8, 4) is 0 Å². The number of Topliss-reactive ketones (excluding diaryl/α,β-unsaturated/α-hetero) is 1. The number of fused-ring (bicyclic) bond motifs is 1. The Hall–Kier alpha value is -2.51. The number of ketones is 1. The predicted molar refractivity (Wildman–Crippen MR) is 96.0 cm³/mol. The molecule has 2 aromatic carbocycles. The van der Waals surface area contributed by atoms with Gasteiger partial charge in [0.2, 0.25) is 10.0 Å². The van der Waals surface area contributed by atoms with Crippen LogP contribution in [0.2, 0.25) is 0 Å². The summed E-state index contributed by atoms with van der Waals surface area (Å²) in [7, 11) is -3.63. The third-order valence-electron chi connectivity index (χ3n) is 3.95. The van der Waals surface area contributed by atoms with Crippen molar-refractivity contribution in [1.29, 1.82) is 0 Å². The summed E-state index contributed by atoms with van der Waals surface area (Å²) >= 11 is 0. The maximum absolute atomic E-state index is 12.3. The van der Waals surface area contributed by atoms with Gasteiger partial charge in [0, 0.05) is 18.7 Å². The molecule has 1 heterocycles. The van der Waals surface area contributed by atoms with E-state index in [0.29, 0.717) is 25.1 Å². The first-order valence-corrected chi connectivity index (χ1v) is 9.46. The molecule has 6 nitrogen and oxygen atoms in total. The molecule has 0 bridgehead atoms. The lowest BCUT2D eigenvalue weighted by atomic mass is 10.2. The number of carbonyl (C=O) groups excluding carboxylic acids is 1. The highest BCUT2D eigenvalue weighted by Crippen LogP contribution is 2.13. The molecule has 0 atom stereocenters. The quantitative estimate of drug-likeness (QED) is 0.521. The highest BCUT2D eigenvalue weighted by molar-refractivity contribution is 7.89. The molecule has 7 heteroatoms. The topological polar surface area (TPSA) is 81.1 Å². The van der Waals surface area contributed by atoms with Gasteiger partial charge in [-0.1, -0.05) is 24.3 Å². The number of nitrogens with zero attached hydrogens (tertiary/aromatic N) is 2. The van der Waals surface area contributed by atoms with Crippen molar-refractivity contribution >= 4 is 26.8 Å². The molecule has 0 fully saturated rings. The van der Waals surface area contributed by atoms with Crippen molar-refractivity contribution in [1.82, 2.24) is 14.3 Å². The lowest BCUT2D eigenvalue weighted by Crippen LogP contribution is -2.25. The molecule has 0 spiro atoms. The van der Waals surface area contributed by atoms with Gasteiger partial charge in [-0.15, -0.1) is 0 Å². The van der Waals surface area contributed by atoms with E-state index in [0.717, 1.165) is 11.0 Å². The molecule has 0 aliphatic rings. The fourth-order valence-electron chi connectivity index (χ4n) is 2.61. The highest BCUT2D eigenvalue weighted by Gasteiger charge is 2.14. The molecule has 0 radical (unpaired) electrons. The van der Waals surface area contributed by atoms with Crippen LogP contribution in [0.3, 0.4) is 0 Å². The predicted octanol–water partition coefficient (Wildman–Crippen LogP) is 2.61. The van der Waals surface area contributed by atoms with Crippen LogP contribution in [0.5, 0.6) is 0 Å². The average molecular weight is 357 g/mol. The number of benzene rings is 2. The van der Waals surface area contributed by atoms with Crippen LogP contribution in [0.25, 0.3) is 11.0 Å². The van der Waals surface area contributed by atoms with E-state index in [1.54, 1.807) is 18.5 Å². The van der Waals surface area contributed by atoms with E-state index in [-0.39, 0.29) is 10.7 Å². The molecule has 0 unspecified atom stereocenters. The lowest BCUT2D eigenvalue weighted by molar-refractivity contribution is 0.101. The molecule has 0 saturated carbocycles. The largest absolute Gasteiger partial charge is 0.331 e. The second-order valence-corrected chi connectivity index (χ2v) is 7.53. The van der Waals surface area contributed by atoms with Gasteiger partial charge >= 0.3 is 0 Å². The number of hydrogen-bond donors (Lipinski definition) is 1. The zero-order valence-corrected chi connectivity index (χ0v) is 14.7. The van der Waals surface area contributed by atoms with Crippen molar-refractivity contribution in [3.05, 3.63) is 60.4 Å². The summed E-state index contributed by atoms with van der Waals surface area (Å²) in [6.07, 6.45) is 2.39. The number of rotatable bonds is 7. The normalized spacial score (nSPS) is 11.7. The van der Waals surface area contributed by atoms with Gasteiger partial charge in [-0.2, -0.15) is 0 Å². The second-order valence-electron chi connectivity index (χ2n) is 5.76. The Balaban J connectivity index is 1.61. The number of para-hydroxylation sites is 2. The molecule has 3 aromatic rings. The van der Waals surface area contributed by atoms with E-state index in [4.69, 9.17) is 0 Å². The SMILES string of the molecule is CC(=O)c1cccc(S(=O)(=O)NCCCn2cnc3ccccc32)c1. The highest BCUT2D eigenvalue weighted by atomic mass is 32.2. The molecule has 1 aromatic heterocycles. The van der Waals surface area contributed by atoms with E-state index < -0.39 is 10.0 Å². The Morgan fingerprint density at radius 1 is 1.16 bits per heavy atom. The van der Waals surface area contributed by atoms with Crippen LogP contribution in [0.1, 0.15) is 23.7 Å². The first-order chi connectivity index (χ1) is 12.0. The molecule has 3 rings (SSSR count). The number of imidazole rings is 1. The van der Waals surface area contributed by atoms with Gasteiger partial charge in [0.05, 0.1) is 22.3 Å². The minimum Gasteiger partial charge on any atom is -0.331 e. The van der Waals surface area contributed by atoms with Crippen LogP contribution in [0.15, 0.2) is 59.8 Å². The molecular formula is C18H19N3O3S. The molecule has 130 valence electrons. The van der Waals surface area contributed by atoms with E-state index in [9.17, 15) is 13.2 Å². The van der Waals surface area contributed by atoms with Crippen molar-refractivity contribution in [2.24, 2.45) is 0 Å². The maximum atomic E-state index is 12.3. The lowest BCUT2D eigenvalue weighted by Gasteiger charge is -2.08. The average Bonchev–Trinajstić information content (AvgIpc) is 3.02. The van der Waals surface area contributed by atoms with Gasteiger partial charge in [0.25, 0.3) is 0 Å². The Kier molecular flexibility index (Phi) is 4.96. The van der Waals surface area contributed by atoms with Crippen molar-refractivity contribution in [2.75, 3.05) is 6.54 Å². The Bertz CT molecular complexity index is 1010. The van der Waals surface area contributed by atoms with E-state index in [1.807, 2.05) is 28.8 Å². The zero-order chi connectivity index (χ0) is 17.9. The standard InChI is InChI=1S/C18H19N3O3S/c1-14(22)15-6-4-7-16(12-15)25(23,24)20-10-5-11-21-13-19-17-8-2-3-9-18(17)21/h2-4,6-9,12-13,20H,5,10-11H2,1H3. The molecule has 0 aliphatic heterocycles. The summed E-state index contributed by atoms with van der Waals surface area (Å²) in [6, 6.07) is 13.9. The van der Waals surface area contributed by atoms with Gasteiger partial charge in [0.15, 0.2) is 5.78 Å². The number of nitrogens with one attached hydrogen (secondary N) is 1. The third kappa shape index (κ3) is 3.94. The molecule has 0 aliphatic carbocycles. The van der Waals surface area contributed by atoms with Gasteiger partial charge in [-0.25, -0.2) is 18.1 Å². The van der Waals surface area contributed by atoms with Crippen molar-refractivity contribution in [2.45, 2.75) is 24.8 Å². The molecule has 0 saturated heterocycles. The summed E-state index contributed by atoms with van der Waals surface area (Å²) in [5.41, 5.74) is 2.33. The van der Waals surface area contributed by atoms with E-state index >= 15 is 0 Å². The Morgan fingerprint density at radius 2 is 1.96 bits per heavy atom. The fourth-order valence-corrected chi connectivity index (χ4v) is 3.73. The fraction of sp³-hybridized carbons (Fsp3) is 0.222. The van der Waals surface area contributed by atoms with Crippen molar-refractivity contribution < 1.29 is 13.2 Å². The van der Waals surface area contributed by atoms with Gasteiger partial charge in [-0.05, 0) is 37.6 Å². The first kappa shape index (κ1) is 17.3. The van der Waals surface area contributed by atoms with E-state index in [1.165, 1.54) is 19.1 Å². The number of sulfonamides is 1. The summed E-state index contributed by atoms with van der Waals surface area (Å²) in [5.74, 6) is -0.163. The Labute approximate surface area is 146 Å². The van der Waals surface area contributed by atoms with Gasteiger partial charge in [-0.3, -0.25) is 4.79 Å². The van der Waals surface area contributed by atoms with Crippen LogP contribution in [-0.4, -0.2) is 30.3 Å². The smallest absolute Gasteiger partial charge is 0.240 e. The van der Waals surface area contributed by atoms with Gasteiger partial charge in [0.1, 0.15) is 0 Å². The van der Waals surface area contributed by atoms with Crippen molar-refractivity contribution in [3.63, 3.8) is 0 Å². The zero-order valence-electron chi connectivity index (χ0n) is 13.8. The molecule has 25 heavy (non-hydrogen) atoms. The summed E-state index contributed by atoms with van der Waals surface area (Å²) in [5, 5.41) is 0. The number of carbonyl (C=O) groups is 1. The monoisotopic (exact) mass is 357 g/mol. The number of aromatic nitrogens is 2. The summed E-state index contributed by atoms with van der Waals surface area (Å²) in [4.78, 5) is 15.8. The number of hydrogen-bond acceptors (Lipinski definition) is 4. The summed E-state index contributed by atoms with van der Waals surface area (Å²) < 4.78 is 29.3. The minimum absolute atomic E-state index is 0.105. The van der Waals surface area contributed by atoms with Crippen LogP contribution in [0.4, 0.5) is 0 Å². The maximum Gasteiger partial charge on any atom is 0.240 e. The van der Waals surface area contributed by atoms with Gasteiger partial charge < -0.3 is 4.57 Å². The molecule has 0 amide bonds. The van der Waals surface area contributed by atoms with Crippen LogP contribution < -0.4 is 4.72 Å². The number of aryl methyl sites for hydroxylation is 1.